The van der Waals surface area contributed by atoms with E-state index in [9.17, 15) is 13.2 Å². The Morgan fingerprint density at radius 2 is 1.77 bits per heavy atom. The van der Waals surface area contributed by atoms with Crippen molar-refractivity contribution in [3.63, 3.8) is 0 Å². The number of hydrogen-bond acceptors (Lipinski definition) is 5. The molecule has 6 nitrogen and oxygen atoms in total. The van der Waals surface area contributed by atoms with E-state index in [0.717, 1.165) is 11.3 Å². The van der Waals surface area contributed by atoms with Crippen LogP contribution in [0.15, 0.2) is 47.4 Å². The van der Waals surface area contributed by atoms with E-state index in [4.69, 9.17) is 9.47 Å². The van der Waals surface area contributed by atoms with Crippen LogP contribution in [0, 0.1) is 6.92 Å². The summed E-state index contributed by atoms with van der Waals surface area (Å²) < 4.78 is 37.0. The molecule has 0 aromatic heterocycles. The second-order valence-electron chi connectivity index (χ2n) is 5.81. The number of nitrogens with zero attached hydrogens (tertiary/aromatic N) is 1. The molecule has 0 unspecified atom stereocenters. The van der Waals surface area contributed by atoms with Gasteiger partial charge in [-0.15, -0.1) is 0 Å². The molecule has 0 spiro atoms. The monoisotopic (exact) mass is 377 g/mol. The molecule has 2 rings (SSSR count). The molecule has 26 heavy (non-hydrogen) atoms. The third kappa shape index (κ3) is 4.42. The van der Waals surface area contributed by atoms with Gasteiger partial charge in [0.1, 0.15) is 5.75 Å². The molecule has 0 atom stereocenters. The first kappa shape index (κ1) is 19.9. The zero-order chi connectivity index (χ0) is 19.3. The van der Waals surface area contributed by atoms with Crippen LogP contribution in [-0.2, 0) is 21.3 Å². The SMILES string of the molecule is CCOc1ccc(CN(C)S(=O)(=O)c2ccc(C)c(C(=O)OC)c2)cc1. The summed E-state index contributed by atoms with van der Waals surface area (Å²) in [6.45, 7) is 4.41. The van der Waals surface area contributed by atoms with E-state index >= 15 is 0 Å². The quantitative estimate of drug-likeness (QED) is 0.694. The summed E-state index contributed by atoms with van der Waals surface area (Å²) in [6, 6.07) is 11.7. The van der Waals surface area contributed by atoms with Gasteiger partial charge in [-0.25, -0.2) is 13.2 Å². The number of methoxy groups -OCH3 is 1. The second kappa shape index (κ2) is 8.33. The minimum absolute atomic E-state index is 0.0527. The summed E-state index contributed by atoms with van der Waals surface area (Å²) in [5.74, 6) is 0.178. The van der Waals surface area contributed by atoms with E-state index in [1.165, 1.54) is 30.6 Å². The van der Waals surface area contributed by atoms with Crippen LogP contribution < -0.4 is 4.74 Å². The van der Waals surface area contributed by atoms with Crippen LogP contribution in [-0.4, -0.2) is 39.5 Å². The van der Waals surface area contributed by atoms with Crippen LogP contribution in [0.5, 0.6) is 5.75 Å². The minimum Gasteiger partial charge on any atom is -0.494 e. The first-order valence-corrected chi connectivity index (χ1v) is 9.60. The summed E-state index contributed by atoms with van der Waals surface area (Å²) >= 11 is 0. The summed E-state index contributed by atoms with van der Waals surface area (Å²) in [5, 5.41) is 0. The molecule has 0 amide bonds. The van der Waals surface area contributed by atoms with Gasteiger partial charge in [-0.3, -0.25) is 0 Å². The van der Waals surface area contributed by atoms with E-state index in [2.05, 4.69) is 0 Å². The molecular weight excluding hydrogens is 354 g/mol. The molecule has 2 aromatic rings. The lowest BCUT2D eigenvalue weighted by Gasteiger charge is -2.18. The molecule has 0 heterocycles. The number of ether oxygens (including phenoxy) is 2. The van der Waals surface area contributed by atoms with Gasteiger partial charge in [-0.1, -0.05) is 18.2 Å². The number of carbonyl (C=O) groups is 1. The van der Waals surface area contributed by atoms with Crippen molar-refractivity contribution in [3.8, 4) is 5.75 Å². The van der Waals surface area contributed by atoms with Gasteiger partial charge in [0.15, 0.2) is 0 Å². The summed E-state index contributed by atoms with van der Waals surface area (Å²) in [4.78, 5) is 11.9. The van der Waals surface area contributed by atoms with E-state index in [1.807, 2.05) is 19.1 Å². The second-order valence-corrected chi connectivity index (χ2v) is 7.85. The zero-order valence-electron chi connectivity index (χ0n) is 15.4. The molecule has 0 aliphatic rings. The number of benzene rings is 2. The summed E-state index contributed by atoms with van der Waals surface area (Å²) in [5.41, 5.74) is 1.73. The molecule has 0 aliphatic heterocycles. The summed E-state index contributed by atoms with van der Waals surface area (Å²) in [6.07, 6.45) is 0. The Balaban J connectivity index is 2.24. The Bertz CT molecular complexity index is 875. The predicted octanol–water partition coefficient (Wildman–Crippen LogP) is 3.00. The van der Waals surface area contributed by atoms with Gasteiger partial charge in [0, 0.05) is 13.6 Å². The lowest BCUT2D eigenvalue weighted by atomic mass is 10.1. The molecule has 140 valence electrons. The maximum absolute atomic E-state index is 12.8. The number of esters is 1. The average Bonchev–Trinajstić information content (AvgIpc) is 2.63. The molecule has 7 heteroatoms. The van der Waals surface area contributed by atoms with Gasteiger partial charge in [-0.05, 0) is 49.2 Å². The van der Waals surface area contributed by atoms with Crippen molar-refractivity contribution in [3.05, 3.63) is 59.2 Å². The molecule has 2 aromatic carbocycles. The number of rotatable bonds is 7. The van der Waals surface area contributed by atoms with Gasteiger partial charge in [0.05, 0.1) is 24.2 Å². The standard InChI is InChI=1S/C19H23NO5S/c1-5-25-16-9-7-15(8-10-16)13-20(3)26(22,23)17-11-6-14(2)18(12-17)19(21)24-4/h6-12H,5,13H2,1-4H3. The van der Waals surface area contributed by atoms with Gasteiger partial charge >= 0.3 is 5.97 Å². The Hall–Kier alpha value is -2.38. The first-order valence-electron chi connectivity index (χ1n) is 8.16. The number of hydrogen-bond donors (Lipinski definition) is 0. The molecule has 0 N–H and O–H groups in total. The van der Waals surface area contributed by atoms with Crippen LogP contribution in [0.1, 0.15) is 28.4 Å². The van der Waals surface area contributed by atoms with Crippen molar-refractivity contribution in [2.45, 2.75) is 25.3 Å². The Morgan fingerprint density at radius 1 is 1.12 bits per heavy atom. The normalized spacial score (nSPS) is 11.4. The highest BCUT2D eigenvalue weighted by Crippen LogP contribution is 2.21. The molecule has 0 bridgehead atoms. The number of sulfonamides is 1. The van der Waals surface area contributed by atoms with Crippen molar-refractivity contribution in [1.82, 2.24) is 4.31 Å². The van der Waals surface area contributed by atoms with Crippen LogP contribution >= 0.6 is 0 Å². The Labute approximate surface area is 154 Å². The van der Waals surface area contributed by atoms with Crippen molar-refractivity contribution in [2.24, 2.45) is 0 Å². The van der Waals surface area contributed by atoms with Crippen molar-refractivity contribution in [1.29, 1.82) is 0 Å². The molecule has 0 fully saturated rings. The molecule has 0 aliphatic carbocycles. The number of carbonyl (C=O) groups excluding carboxylic acids is 1. The fraction of sp³-hybridized carbons (Fsp3) is 0.316. The van der Waals surface area contributed by atoms with E-state index < -0.39 is 16.0 Å². The Morgan fingerprint density at radius 3 is 2.35 bits per heavy atom. The largest absolute Gasteiger partial charge is 0.494 e. The van der Waals surface area contributed by atoms with Crippen LogP contribution in [0.3, 0.4) is 0 Å². The average molecular weight is 377 g/mol. The minimum atomic E-state index is -3.74. The molecule has 0 radical (unpaired) electrons. The Kier molecular flexibility index (Phi) is 6.39. The lowest BCUT2D eigenvalue weighted by molar-refractivity contribution is 0.0599. The van der Waals surface area contributed by atoms with Crippen LogP contribution in [0.2, 0.25) is 0 Å². The maximum Gasteiger partial charge on any atom is 0.338 e. The molecular formula is C19H23NO5S. The van der Waals surface area contributed by atoms with E-state index in [0.29, 0.717) is 12.2 Å². The highest BCUT2D eigenvalue weighted by atomic mass is 32.2. The highest BCUT2D eigenvalue weighted by Gasteiger charge is 2.23. The van der Waals surface area contributed by atoms with E-state index in [-0.39, 0.29) is 17.0 Å². The van der Waals surface area contributed by atoms with Gasteiger partial charge in [0.2, 0.25) is 10.0 Å². The zero-order valence-corrected chi connectivity index (χ0v) is 16.2. The van der Waals surface area contributed by atoms with Gasteiger partial charge in [-0.2, -0.15) is 4.31 Å². The van der Waals surface area contributed by atoms with Crippen molar-refractivity contribution >= 4 is 16.0 Å². The third-order valence-electron chi connectivity index (χ3n) is 3.96. The van der Waals surface area contributed by atoms with Crippen LogP contribution in [0.25, 0.3) is 0 Å². The highest BCUT2D eigenvalue weighted by molar-refractivity contribution is 7.89. The topological polar surface area (TPSA) is 72.9 Å². The summed E-state index contributed by atoms with van der Waals surface area (Å²) in [7, 11) is -0.976. The van der Waals surface area contributed by atoms with Gasteiger partial charge in [0.25, 0.3) is 0 Å². The maximum atomic E-state index is 12.8. The fourth-order valence-electron chi connectivity index (χ4n) is 2.47. The first-order chi connectivity index (χ1) is 12.3. The molecule has 0 saturated heterocycles. The van der Waals surface area contributed by atoms with Crippen LogP contribution in [0.4, 0.5) is 0 Å². The fourth-order valence-corrected chi connectivity index (χ4v) is 3.66. The third-order valence-corrected chi connectivity index (χ3v) is 5.76. The number of aryl methyl sites for hydroxylation is 1. The molecule has 0 saturated carbocycles. The lowest BCUT2D eigenvalue weighted by Crippen LogP contribution is -2.26. The van der Waals surface area contributed by atoms with Crippen molar-refractivity contribution < 1.29 is 22.7 Å². The smallest absolute Gasteiger partial charge is 0.338 e. The predicted molar refractivity (Wildman–Crippen MR) is 98.8 cm³/mol. The van der Waals surface area contributed by atoms with Gasteiger partial charge < -0.3 is 9.47 Å². The van der Waals surface area contributed by atoms with Crippen molar-refractivity contribution in [2.75, 3.05) is 20.8 Å². The van der Waals surface area contributed by atoms with E-state index in [1.54, 1.807) is 25.1 Å².